The SMILES string of the molecule is Cc1noc(C)c1-c1ccc(NC2CCC3(CC2)COC3)c([N+](=O)[O-])c1. The van der Waals surface area contributed by atoms with Crippen molar-refractivity contribution in [3.8, 4) is 11.1 Å². The molecule has 1 saturated carbocycles. The molecule has 0 amide bonds. The van der Waals surface area contributed by atoms with E-state index in [0.29, 0.717) is 16.9 Å². The first-order valence-corrected chi connectivity index (χ1v) is 9.03. The lowest BCUT2D eigenvalue weighted by atomic mass is 9.71. The summed E-state index contributed by atoms with van der Waals surface area (Å²) in [5.41, 5.74) is 3.36. The molecule has 1 N–H and O–H groups in total. The first kappa shape index (κ1) is 17.0. The second kappa shape index (κ2) is 6.39. The van der Waals surface area contributed by atoms with Crippen molar-refractivity contribution in [2.24, 2.45) is 5.41 Å². The van der Waals surface area contributed by atoms with Gasteiger partial charge in [-0.1, -0.05) is 11.2 Å². The van der Waals surface area contributed by atoms with Crippen molar-refractivity contribution in [3.63, 3.8) is 0 Å². The molecule has 0 radical (unpaired) electrons. The summed E-state index contributed by atoms with van der Waals surface area (Å²) in [5, 5.41) is 19.0. The van der Waals surface area contributed by atoms with Crippen molar-refractivity contribution in [1.29, 1.82) is 0 Å². The number of nitro groups is 1. The monoisotopic (exact) mass is 357 g/mol. The quantitative estimate of drug-likeness (QED) is 0.650. The second-order valence-electron chi connectivity index (χ2n) is 7.60. The zero-order valence-corrected chi connectivity index (χ0v) is 15.1. The van der Waals surface area contributed by atoms with Crippen molar-refractivity contribution < 1.29 is 14.2 Å². The fraction of sp³-hybridized carbons (Fsp3) is 0.526. The van der Waals surface area contributed by atoms with Crippen LogP contribution in [0.2, 0.25) is 0 Å². The zero-order valence-electron chi connectivity index (χ0n) is 15.1. The Balaban J connectivity index is 1.56. The number of anilines is 1. The van der Waals surface area contributed by atoms with Crippen LogP contribution in [0, 0.1) is 29.4 Å². The lowest BCUT2D eigenvalue weighted by molar-refractivity contribution is -0.383. The zero-order chi connectivity index (χ0) is 18.3. The first-order chi connectivity index (χ1) is 12.5. The summed E-state index contributed by atoms with van der Waals surface area (Å²) in [6.07, 6.45) is 4.28. The molecule has 7 heteroatoms. The fourth-order valence-electron chi connectivity index (χ4n) is 4.13. The van der Waals surface area contributed by atoms with Crippen LogP contribution in [0.4, 0.5) is 11.4 Å². The van der Waals surface area contributed by atoms with E-state index in [0.717, 1.165) is 55.7 Å². The standard InChI is InChI=1S/C19H23N3O4/c1-12-18(13(2)26-21-12)14-3-4-16(17(9-14)22(23)24)20-15-5-7-19(8-6-15)10-25-11-19/h3-4,9,15,20H,5-8,10-11H2,1-2H3. The average Bonchev–Trinajstić information content (AvgIpc) is 2.93. The van der Waals surface area contributed by atoms with Crippen LogP contribution in [0.15, 0.2) is 22.7 Å². The van der Waals surface area contributed by atoms with Crippen molar-refractivity contribution in [2.45, 2.75) is 45.6 Å². The summed E-state index contributed by atoms with van der Waals surface area (Å²) in [5.74, 6) is 0.665. The summed E-state index contributed by atoms with van der Waals surface area (Å²) < 4.78 is 10.6. The van der Waals surface area contributed by atoms with Gasteiger partial charge in [-0.2, -0.15) is 0 Å². The van der Waals surface area contributed by atoms with Gasteiger partial charge < -0.3 is 14.6 Å². The summed E-state index contributed by atoms with van der Waals surface area (Å²) in [6.45, 7) is 5.39. The Bertz CT molecular complexity index is 812. The Hall–Kier alpha value is -2.41. The highest BCUT2D eigenvalue weighted by Crippen LogP contribution is 2.43. The lowest BCUT2D eigenvalue weighted by Crippen LogP contribution is -2.46. The molecule has 0 unspecified atom stereocenters. The number of benzene rings is 1. The van der Waals surface area contributed by atoms with Crippen molar-refractivity contribution in [2.75, 3.05) is 18.5 Å². The van der Waals surface area contributed by atoms with E-state index < -0.39 is 0 Å². The van der Waals surface area contributed by atoms with Crippen molar-refractivity contribution in [1.82, 2.24) is 5.16 Å². The molecule has 7 nitrogen and oxygen atoms in total. The predicted octanol–water partition coefficient (Wildman–Crippen LogP) is 4.24. The normalized spacial score (nSPS) is 19.3. The Morgan fingerprint density at radius 2 is 2.00 bits per heavy atom. The van der Waals surface area contributed by atoms with E-state index in [-0.39, 0.29) is 16.7 Å². The van der Waals surface area contributed by atoms with Gasteiger partial charge in [0.05, 0.1) is 23.8 Å². The number of rotatable bonds is 4. The van der Waals surface area contributed by atoms with E-state index in [2.05, 4.69) is 10.5 Å². The van der Waals surface area contributed by atoms with Crippen LogP contribution in [0.25, 0.3) is 11.1 Å². The van der Waals surface area contributed by atoms with E-state index in [1.54, 1.807) is 12.1 Å². The molecule has 0 bridgehead atoms. The van der Waals surface area contributed by atoms with Crippen LogP contribution >= 0.6 is 0 Å². The van der Waals surface area contributed by atoms with E-state index in [9.17, 15) is 10.1 Å². The number of aromatic nitrogens is 1. The summed E-state index contributed by atoms with van der Waals surface area (Å²) in [7, 11) is 0. The third kappa shape index (κ3) is 2.96. The summed E-state index contributed by atoms with van der Waals surface area (Å²) in [4.78, 5) is 11.3. The van der Waals surface area contributed by atoms with Gasteiger partial charge in [0.2, 0.25) is 0 Å². The number of nitrogens with zero attached hydrogens (tertiary/aromatic N) is 2. The van der Waals surface area contributed by atoms with Crippen LogP contribution in [0.5, 0.6) is 0 Å². The number of nitro benzene ring substituents is 1. The maximum Gasteiger partial charge on any atom is 0.292 e. The predicted molar refractivity (Wildman–Crippen MR) is 97.2 cm³/mol. The molecule has 1 spiro atoms. The Morgan fingerprint density at radius 1 is 1.27 bits per heavy atom. The largest absolute Gasteiger partial charge is 0.380 e. The Kier molecular flexibility index (Phi) is 4.19. The van der Waals surface area contributed by atoms with Crippen LogP contribution in [0.1, 0.15) is 37.1 Å². The minimum Gasteiger partial charge on any atom is -0.380 e. The van der Waals surface area contributed by atoms with Gasteiger partial charge in [-0.05, 0) is 51.2 Å². The highest BCUT2D eigenvalue weighted by molar-refractivity contribution is 5.75. The molecule has 26 heavy (non-hydrogen) atoms. The minimum absolute atomic E-state index is 0.0924. The molecular weight excluding hydrogens is 334 g/mol. The molecule has 1 aromatic heterocycles. The van der Waals surface area contributed by atoms with Gasteiger partial charge in [-0.15, -0.1) is 0 Å². The van der Waals surface area contributed by atoms with Gasteiger partial charge in [0, 0.05) is 23.1 Å². The van der Waals surface area contributed by atoms with E-state index >= 15 is 0 Å². The maximum absolute atomic E-state index is 11.6. The topological polar surface area (TPSA) is 90.4 Å². The highest BCUT2D eigenvalue weighted by atomic mass is 16.6. The summed E-state index contributed by atoms with van der Waals surface area (Å²) >= 11 is 0. The lowest BCUT2D eigenvalue weighted by Gasteiger charge is -2.46. The van der Waals surface area contributed by atoms with Crippen molar-refractivity contribution in [3.05, 3.63) is 39.8 Å². The molecule has 2 fully saturated rings. The van der Waals surface area contributed by atoms with Gasteiger partial charge >= 0.3 is 0 Å². The number of aryl methyl sites for hydroxylation is 2. The third-order valence-corrected chi connectivity index (χ3v) is 5.74. The van der Waals surface area contributed by atoms with E-state index in [1.807, 2.05) is 19.9 Å². The highest BCUT2D eigenvalue weighted by Gasteiger charge is 2.41. The molecule has 2 aliphatic rings. The number of nitrogens with one attached hydrogen (secondary N) is 1. The van der Waals surface area contributed by atoms with Gasteiger partial charge in [0.25, 0.3) is 5.69 Å². The second-order valence-corrected chi connectivity index (χ2v) is 7.60. The number of ether oxygens (including phenoxy) is 1. The molecule has 1 aliphatic carbocycles. The molecule has 2 aromatic rings. The van der Waals surface area contributed by atoms with Gasteiger partial charge in [0.1, 0.15) is 11.4 Å². The molecule has 4 rings (SSSR count). The molecule has 138 valence electrons. The van der Waals surface area contributed by atoms with E-state index in [4.69, 9.17) is 9.26 Å². The molecule has 0 atom stereocenters. The first-order valence-electron chi connectivity index (χ1n) is 9.03. The van der Waals surface area contributed by atoms with Crippen LogP contribution in [0.3, 0.4) is 0 Å². The van der Waals surface area contributed by atoms with E-state index in [1.165, 1.54) is 0 Å². The number of hydrogen-bond acceptors (Lipinski definition) is 6. The van der Waals surface area contributed by atoms with Gasteiger partial charge in [-0.3, -0.25) is 10.1 Å². The summed E-state index contributed by atoms with van der Waals surface area (Å²) in [6, 6.07) is 5.58. The Labute approximate surface area is 151 Å². The smallest absolute Gasteiger partial charge is 0.292 e. The molecule has 1 saturated heterocycles. The van der Waals surface area contributed by atoms with Gasteiger partial charge in [0.15, 0.2) is 0 Å². The third-order valence-electron chi connectivity index (χ3n) is 5.74. The Morgan fingerprint density at radius 3 is 2.54 bits per heavy atom. The maximum atomic E-state index is 11.6. The average molecular weight is 357 g/mol. The van der Waals surface area contributed by atoms with Gasteiger partial charge in [-0.25, -0.2) is 0 Å². The molecular formula is C19H23N3O4. The molecule has 2 heterocycles. The molecule has 1 aliphatic heterocycles. The fourth-order valence-corrected chi connectivity index (χ4v) is 4.13. The van der Waals surface area contributed by atoms with Crippen LogP contribution < -0.4 is 5.32 Å². The van der Waals surface area contributed by atoms with Crippen molar-refractivity contribution >= 4 is 11.4 Å². The van der Waals surface area contributed by atoms with Crippen LogP contribution in [-0.4, -0.2) is 29.3 Å². The molecule has 1 aromatic carbocycles. The van der Waals surface area contributed by atoms with Crippen LogP contribution in [-0.2, 0) is 4.74 Å². The number of hydrogen-bond donors (Lipinski definition) is 1. The minimum atomic E-state index is -0.325.